The standard InChI is InChI=1S/C15H25N3OS/c1-11-16-13(10-20-11)9-18-7-5-6-12(8-18)14(19)17-15(2,3)4/h10,12H,5-9H2,1-4H3,(H,17,19). The first kappa shape index (κ1) is 15.4. The SMILES string of the molecule is Cc1nc(CN2CCCC(C(=O)NC(C)(C)C)C2)cs1. The molecule has 1 fully saturated rings. The molecule has 1 aliphatic rings. The van der Waals surface area contributed by atoms with Gasteiger partial charge in [-0.25, -0.2) is 4.98 Å². The average Bonchev–Trinajstić information content (AvgIpc) is 2.73. The molecule has 1 saturated heterocycles. The number of rotatable bonds is 3. The normalized spacial score (nSPS) is 20.9. The molecule has 0 saturated carbocycles. The maximum Gasteiger partial charge on any atom is 0.224 e. The molecule has 1 unspecified atom stereocenters. The summed E-state index contributed by atoms with van der Waals surface area (Å²) >= 11 is 1.69. The molecule has 1 N–H and O–H groups in total. The van der Waals surface area contributed by atoms with Crippen LogP contribution in [0.15, 0.2) is 5.38 Å². The Labute approximate surface area is 125 Å². The molecule has 1 aromatic rings. The van der Waals surface area contributed by atoms with Crippen molar-refractivity contribution in [3.05, 3.63) is 16.1 Å². The second kappa shape index (κ2) is 6.22. The van der Waals surface area contributed by atoms with Gasteiger partial charge >= 0.3 is 0 Å². The van der Waals surface area contributed by atoms with Gasteiger partial charge in [0.25, 0.3) is 0 Å². The zero-order valence-electron chi connectivity index (χ0n) is 12.9. The monoisotopic (exact) mass is 295 g/mol. The molecule has 1 aliphatic heterocycles. The van der Waals surface area contributed by atoms with Crippen molar-refractivity contribution in [1.82, 2.24) is 15.2 Å². The highest BCUT2D eigenvalue weighted by atomic mass is 32.1. The van der Waals surface area contributed by atoms with Crippen LogP contribution in [0.5, 0.6) is 0 Å². The van der Waals surface area contributed by atoms with Gasteiger partial charge in [0.05, 0.1) is 16.6 Å². The summed E-state index contributed by atoms with van der Waals surface area (Å²) in [5.74, 6) is 0.305. The number of carbonyl (C=O) groups excluding carboxylic acids is 1. The Morgan fingerprint density at radius 1 is 1.55 bits per heavy atom. The molecular weight excluding hydrogens is 270 g/mol. The molecular formula is C15H25N3OS. The predicted molar refractivity (Wildman–Crippen MR) is 82.7 cm³/mol. The Kier molecular flexibility index (Phi) is 4.81. The summed E-state index contributed by atoms with van der Waals surface area (Å²) < 4.78 is 0. The van der Waals surface area contributed by atoms with Crippen molar-refractivity contribution < 1.29 is 4.79 Å². The van der Waals surface area contributed by atoms with Gasteiger partial charge in [-0.15, -0.1) is 11.3 Å². The van der Waals surface area contributed by atoms with E-state index in [-0.39, 0.29) is 17.4 Å². The maximum absolute atomic E-state index is 12.3. The van der Waals surface area contributed by atoms with Crippen molar-refractivity contribution >= 4 is 17.2 Å². The fourth-order valence-electron chi connectivity index (χ4n) is 2.59. The molecule has 2 heterocycles. The Morgan fingerprint density at radius 3 is 2.90 bits per heavy atom. The highest BCUT2D eigenvalue weighted by Crippen LogP contribution is 2.20. The van der Waals surface area contributed by atoms with Crippen molar-refractivity contribution in [2.45, 2.75) is 52.6 Å². The number of nitrogens with one attached hydrogen (secondary N) is 1. The van der Waals surface area contributed by atoms with Crippen molar-refractivity contribution in [1.29, 1.82) is 0 Å². The number of aryl methyl sites for hydroxylation is 1. The molecule has 0 spiro atoms. The lowest BCUT2D eigenvalue weighted by Crippen LogP contribution is -2.48. The quantitative estimate of drug-likeness (QED) is 0.932. The molecule has 4 nitrogen and oxygen atoms in total. The molecule has 0 aliphatic carbocycles. The molecule has 112 valence electrons. The lowest BCUT2D eigenvalue weighted by molar-refractivity contribution is -0.128. The Hall–Kier alpha value is -0.940. The summed E-state index contributed by atoms with van der Waals surface area (Å²) in [4.78, 5) is 19.1. The third-order valence-corrected chi connectivity index (χ3v) is 4.25. The second-order valence-corrected chi connectivity index (χ2v) is 7.73. The van der Waals surface area contributed by atoms with Crippen LogP contribution in [0.1, 0.15) is 44.3 Å². The van der Waals surface area contributed by atoms with E-state index in [0.29, 0.717) is 0 Å². The molecule has 20 heavy (non-hydrogen) atoms. The topological polar surface area (TPSA) is 45.2 Å². The Balaban J connectivity index is 1.90. The van der Waals surface area contributed by atoms with Gasteiger partial charge < -0.3 is 5.32 Å². The Morgan fingerprint density at radius 2 is 2.30 bits per heavy atom. The van der Waals surface area contributed by atoms with E-state index in [1.807, 2.05) is 27.7 Å². The van der Waals surface area contributed by atoms with E-state index in [0.717, 1.165) is 43.2 Å². The largest absolute Gasteiger partial charge is 0.351 e. The van der Waals surface area contributed by atoms with Gasteiger partial charge in [-0.05, 0) is 47.1 Å². The van der Waals surface area contributed by atoms with Gasteiger partial charge in [0.1, 0.15) is 0 Å². The number of piperidine rings is 1. The number of hydrogen-bond donors (Lipinski definition) is 1. The molecule has 0 radical (unpaired) electrons. The number of aromatic nitrogens is 1. The zero-order valence-corrected chi connectivity index (χ0v) is 13.7. The third kappa shape index (κ3) is 4.56. The van der Waals surface area contributed by atoms with E-state index in [1.54, 1.807) is 11.3 Å². The minimum atomic E-state index is -0.147. The highest BCUT2D eigenvalue weighted by Gasteiger charge is 2.28. The van der Waals surface area contributed by atoms with Crippen molar-refractivity contribution in [2.24, 2.45) is 5.92 Å². The van der Waals surface area contributed by atoms with Crippen molar-refractivity contribution in [2.75, 3.05) is 13.1 Å². The lowest BCUT2D eigenvalue weighted by atomic mass is 9.95. The number of hydrogen-bond acceptors (Lipinski definition) is 4. The second-order valence-electron chi connectivity index (χ2n) is 6.67. The van der Waals surface area contributed by atoms with E-state index in [4.69, 9.17) is 0 Å². The minimum Gasteiger partial charge on any atom is -0.351 e. The summed E-state index contributed by atoms with van der Waals surface area (Å²) in [5.41, 5.74) is 0.982. The first-order chi connectivity index (χ1) is 9.33. The number of likely N-dealkylation sites (tertiary alicyclic amines) is 1. The van der Waals surface area contributed by atoms with E-state index < -0.39 is 0 Å². The molecule has 1 aromatic heterocycles. The number of nitrogens with zero attached hydrogens (tertiary/aromatic N) is 2. The van der Waals surface area contributed by atoms with Gasteiger partial charge in [-0.1, -0.05) is 0 Å². The fourth-order valence-corrected chi connectivity index (χ4v) is 3.20. The third-order valence-electron chi connectivity index (χ3n) is 3.43. The Bertz CT molecular complexity index is 464. The molecule has 5 heteroatoms. The summed E-state index contributed by atoms with van der Waals surface area (Å²) in [6, 6.07) is 0. The molecule has 0 aromatic carbocycles. The summed E-state index contributed by atoms with van der Waals surface area (Å²) in [5, 5.41) is 6.33. The lowest BCUT2D eigenvalue weighted by Gasteiger charge is -2.33. The number of amides is 1. The fraction of sp³-hybridized carbons (Fsp3) is 0.733. The van der Waals surface area contributed by atoms with Gasteiger partial charge in [0.15, 0.2) is 0 Å². The summed E-state index contributed by atoms with van der Waals surface area (Å²) in [7, 11) is 0. The average molecular weight is 295 g/mol. The van der Waals surface area contributed by atoms with E-state index in [2.05, 4.69) is 20.6 Å². The van der Waals surface area contributed by atoms with Crippen LogP contribution >= 0.6 is 11.3 Å². The smallest absolute Gasteiger partial charge is 0.224 e. The van der Waals surface area contributed by atoms with Crippen LogP contribution < -0.4 is 5.32 Å². The van der Waals surface area contributed by atoms with Crippen LogP contribution in [-0.2, 0) is 11.3 Å². The van der Waals surface area contributed by atoms with E-state index >= 15 is 0 Å². The maximum atomic E-state index is 12.3. The van der Waals surface area contributed by atoms with Crippen LogP contribution in [-0.4, -0.2) is 34.4 Å². The van der Waals surface area contributed by atoms with Crippen LogP contribution in [0, 0.1) is 12.8 Å². The summed E-state index contributed by atoms with van der Waals surface area (Å²) in [6.45, 7) is 10.9. The minimum absolute atomic E-state index is 0.114. The first-order valence-corrected chi connectivity index (χ1v) is 8.17. The van der Waals surface area contributed by atoms with Crippen molar-refractivity contribution in [3.8, 4) is 0 Å². The predicted octanol–water partition coefficient (Wildman–Crippen LogP) is 2.58. The number of carbonyl (C=O) groups is 1. The molecule has 1 amide bonds. The highest BCUT2D eigenvalue weighted by molar-refractivity contribution is 7.09. The van der Waals surface area contributed by atoms with E-state index in [1.165, 1.54) is 0 Å². The van der Waals surface area contributed by atoms with Crippen LogP contribution in [0.3, 0.4) is 0 Å². The van der Waals surface area contributed by atoms with Gasteiger partial charge in [-0.3, -0.25) is 9.69 Å². The molecule has 2 rings (SSSR count). The van der Waals surface area contributed by atoms with Gasteiger partial charge in [0, 0.05) is 24.0 Å². The van der Waals surface area contributed by atoms with Gasteiger partial charge in [-0.2, -0.15) is 0 Å². The van der Waals surface area contributed by atoms with Crippen LogP contribution in [0.25, 0.3) is 0 Å². The van der Waals surface area contributed by atoms with Gasteiger partial charge in [0.2, 0.25) is 5.91 Å². The summed E-state index contributed by atoms with van der Waals surface area (Å²) in [6.07, 6.45) is 2.08. The first-order valence-electron chi connectivity index (χ1n) is 7.29. The molecule has 1 atom stereocenters. The van der Waals surface area contributed by atoms with Crippen LogP contribution in [0.2, 0.25) is 0 Å². The van der Waals surface area contributed by atoms with Crippen molar-refractivity contribution in [3.63, 3.8) is 0 Å². The number of thiazole rings is 1. The van der Waals surface area contributed by atoms with Crippen LogP contribution in [0.4, 0.5) is 0 Å². The zero-order chi connectivity index (χ0) is 14.8. The van der Waals surface area contributed by atoms with E-state index in [9.17, 15) is 4.79 Å². The molecule has 0 bridgehead atoms.